The van der Waals surface area contributed by atoms with E-state index in [0.717, 1.165) is 22.4 Å². The molecule has 35 heavy (non-hydrogen) atoms. The summed E-state index contributed by atoms with van der Waals surface area (Å²) < 4.78 is 16.4. The Labute approximate surface area is 207 Å². The molecule has 0 saturated heterocycles. The van der Waals surface area contributed by atoms with Crippen LogP contribution in [-0.4, -0.2) is 37.8 Å². The van der Waals surface area contributed by atoms with E-state index in [1.807, 2.05) is 64.1 Å². The number of hydrogen-bond acceptors (Lipinski definition) is 6. The van der Waals surface area contributed by atoms with Crippen molar-refractivity contribution in [2.24, 2.45) is 10.9 Å². The van der Waals surface area contributed by atoms with Gasteiger partial charge < -0.3 is 14.2 Å². The number of aliphatic imine (C=N–C) groups is 1. The lowest BCUT2D eigenvalue weighted by Gasteiger charge is -2.38. The second-order valence-electron chi connectivity index (χ2n) is 9.61. The van der Waals surface area contributed by atoms with Crippen molar-refractivity contribution < 1.29 is 23.8 Å². The van der Waals surface area contributed by atoms with E-state index in [1.165, 1.54) is 0 Å². The molecule has 1 aliphatic carbocycles. The van der Waals surface area contributed by atoms with Crippen LogP contribution < -0.4 is 9.47 Å². The SMILES string of the molecule is COc1ccc([C@H]2CC(=O)C3C(=NC(C)=C(C(=O)OC(C)C)[C@H]3c3cccc(C)c3)C2)cc1OC. The third-order valence-corrected chi connectivity index (χ3v) is 6.80. The average molecular weight is 476 g/mol. The third kappa shape index (κ3) is 4.88. The molecule has 1 heterocycles. The topological polar surface area (TPSA) is 74.2 Å². The summed E-state index contributed by atoms with van der Waals surface area (Å²) in [6.45, 7) is 7.51. The minimum Gasteiger partial charge on any atom is -0.493 e. The summed E-state index contributed by atoms with van der Waals surface area (Å²) in [7, 11) is 3.21. The van der Waals surface area contributed by atoms with Gasteiger partial charge in [0, 0.05) is 23.7 Å². The lowest BCUT2D eigenvalue weighted by Crippen LogP contribution is -2.41. The van der Waals surface area contributed by atoms with Gasteiger partial charge in [-0.05, 0) is 63.3 Å². The number of rotatable bonds is 6. The number of nitrogens with zero attached hydrogens (tertiary/aromatic N) is 1. The van der Waals surface area contributed by atoms with Crippen LogP contribution in [0.5, 0.6) is 11.5 Å². The average Bonchev–Trinajstić information content (AvgIpc) is 2.82. The fourth-order valence-corrected chi connectivity index (χ4v) is 5.29. The van der Waals surface area contributed by atoms with Gasteiger partial charge >= 0.3 is 5.97 Å². The first-order valence-electron chi connectivity index (χ1n) is 12.0. The molecular weight excluding hydrogens is 442 g/mol. The van der Waals surface area contributed by atoms with Gasteiger partial charge in [0.25, 0.3) is 0 Å². The van der Waals surface area contributed by atoms with Crippen molar-refractivity contribution in [2.75, 3.05) is 14.2 Å². The Balaban J connectivity index is 1.77. The number of Topliss-reactive ketones (excluding diaryl/α,β-unsaturated/α-hetero) is 1. The number of esters is 1. The summed E-state index contributed by atoms with van der Waals surface area (Å²) in [6.07, 6.45) is 0.744. The number of allylic oxidation sites excluding steroid dienone is 1. The lowest BCUT2D eigenvalue weighted by atomic mass is 9.66. The van der Waals surface area contributed by atoms with Crippen LogP contribution in [0.3, 0.4) is 0 Å². The van der Waals surface area contributed by atoms with Crippen molar-refractivity contribution in [2.45, 2.75) is 58.5 Å². The van der Waals surface area contributed by atoms with Crippen molar-refractivity contribution in [1.29, 1.82) is 0 Å². The van der Waals surface area contributed by atoms with Crippen LogP contribution in [0, 0.1) is 12.8 Å². The van der Waals surface area contributed by atoms with E-state index < -0.39 is 17.8 Å². The number of methoxy groups -OCH3 is 2. The van der Waals surface area contributed by atoms with Crippen molar-refractivity contribution in [1.82, 2.24) is 0 Å². The molecule has 2 aliphatic rings. The van der Waals surface area contributed by atoms with Crippen LogP contribution in [-0.2, 0) is 14.3 Å². The van der Waals surface area contributed by atoms with Gasteiger partial charge in [-0.2, -0.15) is 0 Å². The zero-order valence-corrected chi connectivity index (χ0v) is 21.3. The second-order valence-corrected chi connectivity index (χ2v) is 9.61. The Bertz CT molecular complexity index is 1210. The maximum atomic E-state index is 13.7. The van der Waals surface area contributed by atoms with Gasteiger partial charge in [-0.1, -0.05) is 35.9 Å². The molecule has 184 valence electrons. The molecule has 6 nitrogen and oxygen atoms in total. The summed E-state index contributed by atoms with van der Waals surface area (Å²) in [5.41, 5.74) is 4.95. The highest BCUT2D eigenvalue weighted by atomic mass is 16.5. The largest absolute Gasteiger partial charge is 0.493 e. The highest BCUT2D eigenvalue weighted by Crippen LogP contribution is 2.46. The van der Waals surface area contributed by atoms with Gasteiger partial charge in [0.2, 0.25) is 0 Å². The van der Waals surface area contributed by atoms with Crippen LogP contribution in [0.25, 0.3) is 0 Å². The maximum Gasteiger partial charge on any atom is 0.336 e. The summed E-state index contributed by atoms with van der Waals surface area (Å²) in [6, 6.07) is 13.8. The molecule has 1 saturated carbocycles. The first kappa shape index (κ1) is 24.7. The molecule has 1 fully saturated rings. The van der Waals surface area contributed by atoms with Crippen molar-refractivity contribution in [3.63, 3.8) is 0 Å². The molecule has 6 heteroatoms. The number of fused-ring (bicyclic) bond motifs is 1. The van der Waals surface area contributed by atoms with Crippen molar-refractivity contribution in [3.05, 3.63) is 70.4 Å². The Kier molecular flexibility index (Phi) is 7.10. The Morgan fingerprint density at radius 1 is 0.943 bits per heavy atom. The molecule has 0 amide bonds. The summed E-state index contributed by atoms with van der Waals surface area (Å²) in [5, 5.41) is 0. The molecule has 3 atom stereocenters. The van der Waals surface area contributed by atoms with Gasteiger partial charge in [-0.25, -0.2) is 4.79 Å². The van der Waals surface area contributed by atoms with Crippen LogP contribution in [0.2, 0.25) is 0 Å². The molecule has 1 unspecified atom stereocenters. The smallest absolute Gasteiger partial charge is 0.336 e. The highest BCUT2D eigenvalue weighted by Gasteiger charge is 2.46. The number of hydrogen-bond donors (Lipinski definition) is 0. The van der Waals surface area contributed by atoms with Gasteiger partial charge in [0.05, 0.1) is 31.8 Å². The third-order valence-electron chi connectivity index (χ3n) is 6.80. The van der Waals surface area contributed by atoms with E-state index in [2.05, 4.69) is 6.07 Å². The predicted molar refractivity (Wildman–Crippen MR) is 135 cm³/mol. The highest BCUT2D eigenvalue weighted by molar-refractivity contribution is 6.12. The van der Waals surface area contributed by atoms with E-state index in [9.17, 15) is 9.59 Å². The van der Waals surface area contributed by atoms with E-state index in [-0.39, 0.29) is 17.8 Å². The fourth-order valence-electron chi connectivity index (χ4n) is 5.29. The van der Waals surface area contributed by atoms with Crippen molar-refractivity contribution in [3.8, 4) is 11.5 Å². The first-order chi connectivity index (χ1) is 16.7. The van der Waals surface area contributed by atoms with Crippen LogP contribution in [0.15, 0.2) is 58.7 Å². The van der Waals surface area contributed by atoms with Gasteiger partial charge in [-0.15, -0.1) is 0 Å². The summed E-state index contributed by atoms with van der Waals surface area (Å²) in [4.78, 5) is 31.8. The summed E-state index contributed by atoms with van der Waals surface area (Å²) in [5.74, 6) is 0.0623. The van der Waals surface area contributed by atoms with Crippen LogP contribution in [0.1, 0.15) is 62.1 Å². The zero-order chi connectivity index (χ0) is 25.3. The number of carbonyl (C=O) groups excluding carboxylic acids is 2. The van der Waals surface area contributed by atoms with E-state index in [4.69, 9.17) is 19.2 Å². The second kappa shape index (κ2) is 10.1. The Morgan fingerprint density at radius 2 is 1.69 bits per heavy atom. The first-order valence-corrected chi connectivity index (χ1v) is 12.0. The quantitative estimate of drug-likeness (QED) is 0.513. The number of aryl methyl sites for hydroxylation is 1. The monoisotopic (exact) mass is 475 g/mol. The molecule has 0 bridgehead atoms. The zero-order valence-electron chi connectivity index (χ0n) is 21.3. The van der Waals surface area contributed by atoms with Gasteiger partial charge in [0.1, 0.15) is 5.78 Å². The van der Waals surface area contributed by atoms with E-state index in [0.29, 0.717) is 35.6 Å². The molecule has 4 rings (SSSR count). The van der Waals surface area contributed by atoms with Crippen molar-refractivity contribution >= 4 is 17.5 Å². The van der Waals surface area contributed by atoms with Gasteiger partial charge in [0.15, 0.2) is 11.5 Å². The number of benzene rings is 2. The van der Waals surface area contributed by atoms with E-state index >= 15 is 0 Å². The normalized spacial score (nSPS) is 22.0. The molecule has 0 radical (unpaired) electrons. The standard InChI is InChI=1S/C29H33NO5/c1-16(2)35-29(32)26-18(4)30-22-13-21(19-10-11-24(33-5)25(15-19)34-6)14-23(31)28(22)27(26)20-9-7-8-17(3)12-20/h7-12,15-16,21,27-28H,13-14H2,1-6H3/t21-,27-,28?/m1/s1. The molecule has 0 N–H and O–H groups in total. The molecular formula is C29H33NO5. The minimum atomic E-state index is -0.480. The van der Waals surface area contributed by atoms with Crippen LogP contribution >= 0.6 is 0 Å². The Morgan fingerprint density at radius 3 is 2.34 bits per heavy atom. The molecule has 0 aromatic heterocycles. The predicted octanol–water partition coefficient (Wildman–Crippen LogP) is 5.54. The van der Waals surface area contributed by atoms with Gasteiger partial charge in [-0.3, -0.25) is 9.79 Å². The number of ether oxygens (including phenoxy) is 3. The van der Waals surface area contributed by atoms with Crippen LogP contribution in [0.4, 0.5) is 0 Å². The molecule has 2 aromatic rings. The molecule has 2 aromatic carbocycles. The molecule has 1 aliphatic heterocycles. The molecule has 0 spiro atoms. The summed E-state index contributed by atoms with van der Waals surface area (Å²) >= 11 is 0. The lowest BCUT2D eigenvalue weighted by molar-refractivity contribution is -0.143. The maximum absolute atomic E-state index is 13.7. The minimum absolute atomic E-state index is 0.0209. The number of ketones is 1. The number of carbonyl (C=O) groups is 2. The Hall–Kier alpha value is -3.41. The van der Waals surface area contributed by atoms with E-state index in [1.54, 1.807) is 14.2 Å². The fraction of sp³-hybridized carbons (Fsp3) is 0.414.